The van der Waals surface area contributed by atoms with Gasteiger partial charge in [0.05, 0.1) is 9.79 Å². The first-order chi connectivity index (χ1) is 15.8. The summed E-state index contributed by atoms with van der Waals surface area (Å²) < 4.78 is 64.0. The average Bonchev–Trinajstić information content (AvgIpc) is 2.71. The Hall–Kier alpha value is -1.91. The van der Waals surface area contributed by atoms with Crippen molar-refractivity contribution in [1.29, 1.82) is 0 Å². The minimum absolute atomic E-state index is 0. The van der Waals surface area contributed by atoms with Gasteiger partial charge in [0.1, 0.15) is 11.5 Å². The van der Waals surface area contributed by atoms with Crippen LogP contribution in [-0.4, -0.2) is 101 Å². The molecule has 2 amide bonds. The van der Waals surface area contributed by atoms with E-state index in [0.29, 0.717) is 10.8 Å². The molecule has 36 heavy (non-hydrogen) atoms. The second-order valence-electron chi connectivity index (χ2n) is 7.29. The first-order valence-electron chi connectivity index (χ1n) is 9.38. The van der Waals surface area contributed by atoms with Crippen molar-refractivity contribution in [2.24, 2.45) is 0 Å². The number of amides is 2. The molecule has 0 aliphatic carbocycles. The van der Waals surface area contributed by atoms with Crippen molar-refractivity contribution in [1.82, 2.24) is 0 Å². The number of urea groups is 1. The van der Waals surface area contributed by atoms with Gasteiger partial charge in [0.25, 0.3) is 20.2 Å². The van der Waals surface area contributed by atoms with Gasteiger partial charge in [0.15, 0.2) is 0 Å². The van der Waals surface area contributed by atoms with Crippen molar-refractivity contribution in [3.8, 4) is 11.5 Å². The van der Waals surface area contributed by atoms with E-state index in [0.717, 1.165) is 24.3 Å². The molecule has 11 nitrogen and oxygen atoms in total. The van der Waals surface area contributed by atoms with Crippen LogP contribution in [0.15, 0.2) is 70.5 Å². The summed E-state index contributed by atoms with van der Waals surface area (Å²) in [5, 5.41) is 26.1. The van der Waals surface area contributed by atoms with Gasteiger partial charge in [0, 0.05) is 93.4 Å². The monoisotopic (exact) mass is 550 g/mol. The van der Waals surface area contributed by atoms with Crippen LogP contribution in [0.25, 0.3) is 21.5 Å². The minimum atomic E-state index is -4.56. The molecule has 4 aromatic rings. The standard InChI is InChI=1S/C21H16N2O9S2.2Na/c24-19-9-15(33(27,28)29)7-11-5-13(1-3-17(11)19)22-21(26)23-14-2-4-18-12(6-14)8-16(10-20(18)25)34(30,31)32;;/h1-10,24-25H,(H2,22,23,26)(H,27,28,29)(H,30,31,32);;. The largest absolute Gasteiger partial charge is 0.507 e. The molecule has 0 saturated heterocycles. The number of phenolic OH excluding ortho intramolecular Hbond substituents is 2. The molecular formula is C21H16N2Na2O9S2. The zero-order valence-electron chi connectivity index (χ0n) is 18.9. The second kappa shape index (κ2) is 11.2. The van der Waals surface area contributed by atoms with Crippen LogP contribution in [0, 0.1) is 0 Å². The molecule has 0 aromatic heterocycles. The Bertz CT molecular complexity index is 1580. The number of carbonyl (C=O) groups excluding carboxylic acids is 1. The van der Waals surface area contributed by atoms with Gasteiger partial charge in [-0.3, -0.25) is 9.11 Å². The zero-order chi connectivity index (χ0) is 24.8. The fraction of sp³-hybridized carbons (Fsp3) is 0. The molecule has 4 aromatic carbocycles. The van der Waals surface area contributed by atoms with Crippen molar-refractivity contribution in [3.05, 3.63) is 60.7 Å². The normalized spacial score (nSPS) is 11.4. The van der Waals surface area contributed by atoms with Crippen molar-refractivity contribution in [3.63, 3.8) is 0 Å². The molecule has 0 aliphatic rings. The van der Waals surface area contributed by atoms with E-state index in [1.54, 1.807) is 0 Å². The summed E-state index contributed by atoms with van der Waals surface area (Å²) in [6, 6.07) is 12.0. The van der Waals surface area contributed by atoms with Gasteiger partial charge in [-0.25, -0.2) is 4.79 Å². The number of phenols is 2. The summed E-state index contributed by atoms with van der Waals surface area (Å²) >= 11 is 0. The third-order valence-electron chi connectivity index (χ3n) is 4.92. The van der Waals surface area contributed by atoms with Crippen LogP contribution in [0.3, 0.4) is 0 Å². The molecule has 4 rings (SSSR count). The third-order valence-corrected chi connectivity index (χ3v) is 6.58. The Labute approximate surface area is 249 Å². The van der Waals surface area contributed by atoms with Gasteiger partial charge in [-0.2, -0.15) is 16.8 Å². The molecule has 0 heterocycles. The number of aromatic hydroxyl groups is 2. The minimum Gasteiger partial charge on any atom is -0.507 e. The maximum absolute atomic E-state index is 12.4. The smallest absolute Gasteiger partial charge is 0.323 e. The van der Waals surface area contributed by atoms with E-state index in [9.17, 15) is 40.9 Å². The number of hydrogen-bond donors (Lipinski definition) is 6. The number of fused-ring (bicyclic) bond motifs is 2. The third kappa shape index (κ3) is 6.69. The second-order valence-corrected chi connectivity index (χ2v) is 10.1. The van der Waals surface area contributed by atoms with Gasteiger partial charge in [-0.1, -0.05) is 0 Å². The Morgan fingerprint density at radius 3 is 1.31 bits per heavy atom. The number of nitrogens with one attached hydrogen (secondary N) is 2. The quantitative estimate of drug-likeness (QED) is 0.164. The summed E-state index contributed by atoms with van der Waals surface area (Å²) in [4.78, 5) is 11.4. The summed E-state index contributed by atoms with van der Waals surface area (Å²) in [5.74, 6) is -0.741. The number of benzene rings is 4. The molecule has 0 spiro atoms. The molecule has 15 heteroatoms. The average molecular weight is 550 g/mol. The summed E-state index contributed by atoms with van der Waals surface area (Å²) in [6.45, 7) is 0. The van der Waals surface area contributed by atoms with Gasteiger partial charge in [0.2, 0.25) is 0 Å². The van der Waals surface area contributed by atoms with Crippen LogP contribution in [-0.2, 0) is 20.2 Å². The van der Waals surface area contributed by atoms with Crippen LogP contribution in [0.5, 0.6) is 11.5 Å². The Kier molecular flexibility index (Phi) is 9.45. The molecule has 2 radical (unpaired) electrons. The van der Waals surface area contributed by atoms with Crippen LogP contribution in [0.1, 0.15) is 0 Å². The topological polar surface area (TPSA) is 190 Å². The van der Waals surface area contributed by atoms with E-state index in [4.69, 9.17) is 0 Å². The zero-order valence-corrected chi connectivity index (χ0v) is 24.6. The van der Waals surface area contributed by atoms with E-state index in [2.05, 4.69) is 10.6 Å². The van der Waals surface area contributed by atoms with E-state index < -0.39 is 36.1 Å². The summed E-state index contributed by atoms with van der Waals surface area (Å²) in [5.41, 5.74) is 0.480. The van der Waals surface area contributed by atoms with Gasteiger partial charge in [-0.15, -0.1) is 0 Å². The van der Waals surface area contributed by atoms with Gasteiger partial charge in [-0.05, 0) is 59.3 Å². The molecule has 0 atom stereocenters. The SMILES string of the molecule is O=C(Nc1ccc2c(O)cc(S(=O)(=O)O)cc2c1)Nc1ccc2c(O)cc(S(=O)(=O)O)cc2c1.[Na].[Na]. The fourth-order valence-corrected chi connectivity index (χ4v) is 4.47. The molecule has 6 N–H and O–H groups in total. The predicted octanol–water partition coefficient (Wildman–Crippen LogP) is 2.78. The van der Waals surface area contributed by atoms with Crippen molar-refractivity contribution in [2.75, 3.05) is 10.6 Å². The Morgan fingerprint density at radius 1 is 0.611 bits per heavy atom. The first-order valence-corrected chi connectivity index (χ1v) is 12.3. The predicted molar refractivity (Wildman–Crippen MR) is 135 cm³/mol. The van der Waals surface area contributed by atoms with Crippen LogP contribution in [0.4, 0.5) is 16.2 Å². The van der Waals surface area contributed by atoms with Gasteiger partial charge >= 0.3 is 6.03 Å². The van der Waals surface area contributed by atoms with E-state index in [1.807, 2.05) is 0 Å². The number of anilines is 2. The molecule has 0 aliphatic heterocycles. The molecule has 0 bridgehead atoms. The van der Waals surface area contributed by atoms with Crippen molar-refractivity contribution >= 4 is 118 Å². The van der Waals surface area contributed by atoms with Crippen LogP contribution < -0.4 is 10.6 Å². The molecule has 0 saturated carbocycles. The van der Waals surface area contributed by atoms with Gasteiger partial charge < -0.3 is 20.8 Å². The molecular weight excluding hydrogens is 534 g/mol. The fourth-order valence-electron chi connectivity index (χ4n) is 3.39. The van der Waals surface area contributed by atoms with E-state index >= 15 is 0 Å². The number of hydrogen-bond acceptors (Lipinski definition) is 7. The van der Waals surface area contributed by atoms with Crippen LogP contribution >= 0.6 is 0 Å². The first kappa shape index (κ1) is 30.3. The number of rotatable bonds is 4. The van der Waals surface area contributed by atoms with Crippen molar-refractivity contribution in [2.45, 2.75) is 9.79 Å². The van der Waals surface area contributed by atoms with Crippen molar-refractivity contribution < 1.29 is 40.9 Å². The van der Waals surface area contributed by atoms with E-state index in [-0.39, 0.29) is 92.8 Å². The maximum Gasteiger partial charge on any atom is 0.323 e. The van der Waals surface area contributed by atoms with Crippen LogP contribution in [0.2, 0.25) is 0 Å². The molecule has 178 valence electrons. The summed E-state index contributed by atoms with van der Waals surface area (Å²) in [6.07, 6.45) is 0. The summed E-state index contributed by atoms with van der Waals surface area (Å²) in [7, 11) is -9.12. The Morgan fingerprint density at radius 2 is 0.972 bits per heavy atom. The molecule has 0 unspecified atom stereocenters. The number of carbonyl (C=O) groups is 1. The molecule has 0 fully saturated rings. The maximum atomic E-state index is 12.4. The Balaban J connectivity index is 0.00000228. The van der Waals surface area contributed by atoms with E-state index in [1.165, 1.54) is 36.4 Å².